The van der Waals surface area contributed by atoms with Gasteiger partial charge in [-0.3, -0.25) is 4.98 Å². The van der Waals surface area contributed by atoms with Gasteiger partial charge < -0.3 is 9.64 Å². The van der Waals surface area contributed by atoms with Crippen molar-refractivity contribution >= 4 is 11.7 Å². The third-order valence-corrected chi connectivity index (χ3v) is 3.38. The Bertz CT molecular complexity index is 571. The van der Waals surface area contributed by atoms with Crippen molar-refractivity contribution in [1.82, 2.24) is 9.88 Å². The van der Waals surface area contributed by atoms with Crippen LogP contribution in [0.3, 0.4) is 0 Å². The lowest BCUT2D eigenvalue weighted by Crippen LogP contribution is -2.39. The second-order valence-corrected chi connectivity index (χ2v) is 6.58. The molecule has 0 radical (unpaired) electrons. The minimum Gasteiger partial charge on any atom is -0.444 e. The van der Waals surface area contributed by atoms with Crippen molar-refractivity contribution in [3.05, 3.63) is 35.2 Å². The second kappa shape index (κ2) is 5.88. The Morgan fingerprint density at radius 1 is 1.33 bits per heavy atom. The monoisotopic (exact) mass is 288 g/mol. The summed E-state index contributed by atoms with van der Waals surface area (Å²) in [5.41, 5.74) is 4.17. The lowest BCUT2D eigenvalue weighted by atomic mass is 10.00. The van der Waals surface area contributed by atoms with Crippen molar-refractivity contribution in [1.29, 1.82) is 0 Å². The predicted octanol–water partition coefficient (Wildman–Crippen LogP) is 3.72. The molecule has 4 nitrogen and oxygen atoms in total. The number of nitrogens with zero attached hydrogens (tertiary/aromatic N) is 2. The fourth-order valence-corrected chi connectivity index (χ4v) is 2.43. The fourth-order valence-electron chi connectivity index (χ4n) is 2.43. The molecular weight excluding hydrogens is 264 g/mol. The first kappa shape index (κ1) is 15.5. The first-order valence-electron chi connectivity index (χ1n) is 7.37. The highest BCUT2D eigenvalue weighted by Crippen LogP contribution is 2.24. The average Bonchev–Trinajstić information content (AvgIpc) is 2.37. The van der Waals surface area contributed by atoms with E-state index in [1.807, 2.05) is 33.9 Å². The zero-order valence-electron chi connectivity index (χ0n) is 13.6. The quantitative estimate of drug-likeness (QED) is 0.791. The maximum absolute atomic E-state index is 12.0. The van der Waals surface area contributed by atoms with Crippen molar-refractivity contribution in [3.63, 3.8) is 0 Å². The van der Waals surface area contributed by atoms with E-state index in [2.05, 4.69) is 24.1 Å². The molecule has 1 aromatic heterocycles. The van der Waals surface area contributed by atoms with Gasteiger partial charge in [0, 0.05) is 19.3 Å². The van der Waals surface area contributed by atoms with Gasteiger partial charge in [-0.05, 0) is 57.7 Å². The summed E-state index contributed by atoms with van der Waals surface area (Å²) in [7, 11) is 0. The van der Waals surface area contributed by atoms with Crippen LogP contribution >= 0.6 is 0 Å². The number of aryl methyl sites for hydroxylation is 2. The van der Waals surface area contributed by atoms with Crippen LogP contribution in [-0.2, 0) is 4.74 Å². The summed E-state index contributed by atoms with van der Waals surface area (Å²) >= 11 is 0. The van der Waals surface area contributed by atoms with Crippen LogP contribution in [-0.4, -0.2) is 34.7 Å². The van der Waals surface area contributed by atoms with Gasteiger partial charge in [0.05, 0.1) is 5.69 Å². The first-order chi connectivity index (χ1) is 9.76. The van der Waals surface area contributed by atoms with Gasteiger partial charge in [-0.25, -0.2) is 4.79 Å². The van der Waals surface area contributed by atoms with Gasteiger partial charge in [-0.1, -0.05) is 12.1 Å². The molecule has 1 aliphatic rings. The maximum Gasteiger partial charge on any atom is 0.410 e. The molecule has 0 bridgehead atoms. The summed E-state index contributed by atoms with van der Waals surface area (Å²) in [6.07, 6.45) is 4.55. The number of carbonyl (C=O) groups is 1. The van der Waals surface area contributed by atoms with Crippen molar-refractivity contribution in [2.45, 2.75) is 46.6 Å². The number of ether oxygens (including phenoxy) is 1. The van der Waals surface area contributed by atoms with Gasteiger partial charge in [0.1, 0.15) is 5.60 Å². The summed E-state index contributed by atoms with van der Waals surface area (Å²) in [5.74, 6) is 0. The van der Waals surface area contributed by atoms with Gasteiger partial charge in [0.15, 0.2) is 0 Å². The second-order valence-electron chi connectivity index (χ2n) is 6.58. The number of amides is 1. The molecule has 0 saturated heterocycles. The van der Waals surface area contributed by atoms with Crippen molar-refractivity contribution in [2.24, 2.45) is 0 Å². The third kappa shape index (κ3) is 4.06. The Morgan fingerprint density at radius 2 is 2.05 bits per heavy atom. The number of pyridine rings is 1. The molecule has 0 saturated carbocycles. The van der Waals surface area contributed by atoms with Crippen molar-refractivity contribution in [3.8, 4) is 0 Å². The summed E-state index contributed by atoms with van der Waals surface area (Å²) in [6, 6.07) is 2.14. The summed E-state index contributed by atoms with van der Waals surface area (Å²) in [5, 5.41) is 0. The van der Waals surface area contributed by atoms with Gasteiger partial charge >= 0.3 is 6.09 Å². The number of rotatable bonds is 1. The first-order valence-corrected chi connectivity index (χ1v) is 7.37. The smallest absolute Gasteiger partial charge is 0.410 e. The van der Waals surface area contributed by atoms with Crippen LogP contribution in [0.4, 0.5) is 4.79 Å². The fraction of sp³-hybridized carbons (Fsp3) is 0.529. The van der Waals surface area contributed by atoms with Crippen LogP contribution in [0, 0.1) is 13.8 Å². The summed E-state index contributed by atoms with van der Waals surface area (Å²) in [4.78, 5) is 18.3. The molecule has 4 heteroatoms. The molecule has 21 heavy (non-hydrogen) atoms. The Morgan fingerprint density at radius 3 is 2.57 bits per heavy atom. The number of hydrogen-bond acceptors (Lipinski definition) is 3. The van der Waals surface area contributed by atoms with Crippen LogP contribution in [0.25, 0.3) is 5.57 Å². The van der Waals surface area contributed by atoms with Crippen molar-refractivity contribution in [2.75, 3.05) is 13.1 Å². The van der Waals surface area contributed by atoms with E-state index in [-0.39, 0.29) is 6.09 Å². The van der Waals surface area contributed by atoms with E-state index in [1.165, 1.54) is 16.7 Å². The molecule has 114 valence electrons. The number of carbonyl (C=O) groups excluding carboxylic acids is 1. The van der Waals surface area contributed by atoms with E-state index in [0.717, 1.165) is 12.1 Å². The SMILES string of the molecule is Cc1cnc(C2=CCN(C(=O)OC(C)(C)C)CC2)c(C)c1. The highest BCUT2D eigenvalue weighted by molar-refractivity contribution is 5.72. The van der Waals surface area contributed by atoms with Crippen LogP contribution in [0.2, 0.25) is 0 Å². The molecule has 0 N–H and O–H groups in total. The Balaban J connectivity index is 2.07. The topological polar surface area (TPSA) is 42.4 Å². The summed E-state index contributed by atoms with van der Waals surface area (Å²) in [6.45, 7) is 11.0. The third-order valence-electron chi connectivity index (χ3n) is 3.38. The average molecular weight is 288 g/mol. The number of aromatic nitrogens is 1. The van der Waals surface area contributed by atoms with Gasteiger partial charge in [-0.2, -0.15) is 0 Å². The van der Waals surface area contributed by atoms with E-state index < -0.39 is 5.60 Å². The molecule has 2 heterocycles. The maximum atomic E-state index is 12.0. The molecule has 2 rings (SSSR count). The van der Waals surface area contributed by atoms with Crippen LogP contribution in [0.1, 0.15) is 44.0 Å². The Labute approximate surface area is 126 Å². The molecule has 0 spiro atoms. The highest BCUT2D eigenvalue weighted by Gasteiger charge is 2.24. The lowest BCUT2D eigenvalue weighted by Gasteiger charge is -2.29. The Hall–Kier alpha value is -1.84. The largest absolute Gasteiger partial charge is 0.444 e. The van der Waals surface area contributed by atoms with E-state index in [1.54, 1.807) is 4.90 Å². The van der Waals surface area contributed by atoms with Crippen LogP contribution in [0.5, 0.6) is 0 Å². The molecule has 0 aliphatic carbocycles. The highest BCUT2D eigenvalue weighted by atomic mass is 16.6. The van der Waals surface area contributed by atoms with Gasteiger partial charge in [0.2, 0.25) is 0 Å². The zero-order chi connectivity index (χ0) is 15.6. The van der Waals surface area contributed by atoms with Crippen LogP contribution < -0.4 is 0 Å². The molecule has 1 amide bonds. The molecule has 0 aromatic carbocycles. The standard InChI is InChI=1S/C17H24N2O2/c1-12-10-13(2)15(18-11-12)14-6-8-19(9-7-14)16(20)21-17(3,4)5/h6,10-11H,7-9H2,1-5H3. The lowest BCUT2D eigenvalue weighted by molar-refractivity contribution is 0.0270. The Kier molecular flexibility index (Phi) is 4.35. The summed E-state index contributed by atoms with van der Waals surface area (Å²) < 4.78 is 5.40. The van der Waals surface area contributed by atoms with E-state index in [0.29, 0.717) is 13.1 Å². The molecule has 0 fully saturated rings. The van der Waals surface area contributed by atoms with E-state index in [4.69, 9.17) is 4.74 Å². The molecule has 1 aromatic rings. The van der Waals surface area contributed by atoms with Crippen LogP contribution in [0.15, 0.2) is 18.3 Å². The number of hydrogen-bond donors (Lipinski definition) is 0. The minimum atomic E-state index is -0.448. The van der Waals surface area contributed by atoms with Gasteiger partial charge in [0.25, 0.3) is 0 Å². The zero-order valence-corrected chi connectivity index (χ0v) is 13.6. The molecule has 0 atom stereocenters. The minimum absolute atomic E-state index is 0.244. The van der Waals surface area contributed by atoms with Gasteiger partial charge in [-0.15, -0.1) is 0 Å². The predicted molar refractivity (Wildman–Crippen MR) is 84.1 cm³/mol. The molecule has 1 aliphatic heterocycles. The van der Waals surface area contributed by atoms with Crippen molar-refractivity contribution < 1.29 is 9.53 Å². The normalized spacial score (nSPS) is 15.7. The molecule has 0 unspecified atom stereocenters. The van der Waals surface area contributed by atoms with E-state index in [9.17, 15) is 4.79 Å². The van der Waals surface area contributed by atoms with E-state index >= 15 is 0 Å². The molecular formula is C17H24N2O2.